The van der Waals surface area contributed by atoms with Crippen LogP contribution >= 0.6 is 23.8 Å². The Labute approximate surface area is 136 Å². The fourth-order valence-electron chi connectivity index (χ4n) is 2.27. The number of hydrogen-bond donors (Lipinski definition) is 1. The molecule has 2 N–H and O–H groups in total. The van der Waals surface area contributed by atoms with E-state index in [2.05, 4.69) is 31.0 Å². The fourth-order valence-corrected chi connectivity index (χ4v) is 2.59. The summed E-state index contributed by atoms with van der Waals surface area (Å²) in [6, 6.07) is 16.3. The first kappa shape index (κ1) is 16.0. The molecule has 0 aliphatic heterocycles. The van der Waals surface area contributed by atoms with E-state index in [4.69, 9.17) is 29.6 Å². The van der Waals surface area contributed by atoms with Crippen molar-refractivity contribution in [2.45, 2.75) is 19.5 Å². The SMILES string of the molecule is CC(c1cccc(Cl)c1)N(C)Cc1cccc(C(N)=S)c1. The molecule has 0 aliphatic rings. The second kappa shape index (κ2) is 7.03. The minimum Gasteiger partial charge on any atom is -0.389 e. The lowest BCUT2D eigenvalue weighted by atomic mass is 10.1. The van der Waals surface area contributed by atoms with Gasteiger partial charge in [-0.2, -0.15) is 0 Å². The van der Waals surface area contributed by atoms with E-state index in [1.165, 1.54) is 11.1 Å². The Morgan fingerprint density at radius 3 is 2.62 bits per heavy atom. The molecule has 0 saturated heterocycles. The molecular weight excluding hydrogens is 300 g/mol. The average molecular weight is 319 g/mol. The van der Waals surface area contributed by atoms with Gasteiger partial charge in [-0.25, -0.2) is 0 Å². The van der Waals surface area contributed by atoms with Crippen LogP contribution in [0.25, 0.3) is 0 Å². The van der Waals surface area contributed by atoms with Crippen LogP contribution in [-0.4, -0.2) is 16.9 Å². The molecule has 2 rings (SSSR count). The zero-order valence-electron chi connectivity index (χ0n) is 12.2. The van der Waals surface area contributed by atoms with Gasteiger partial charge in [-0.3, -0.25) is 4.90 Å². The summed E-state index contributed by atoms with van der Waals surface area (Å²) < 4.78 is 0. The van der Waals surface area contributed by atoms with Crippen molar-refractivity contribution in [3.05, 3.63) is 70.2 Å². The molecule has 0 heterocycles. The van der Waals surface area contributed by atoms with Crippen molar-refractivity contribution >= 4 is 28.8 Å². The van der Waals surface area contributed by atoms with Crippen LogP contribution in [0, 0.1) is 0 Å². The van der Waals surface area contributed by atoms with Crippen molar-refractivity contribution in [1.29, 1.82) is 0 Å². The van der Waals surface area contributed by atoms with E-state index < -0.39 is 0 Å². The molecule has 1 unspecified atom stereocenters. The molecule has 0 amide bonds. The van der Waals surface area contributed by atoms with Crippen LogP contribution in [0.4, 0.5) is 0 Å². The zero-order valence-corrected chi connectivity index (χ0v) is 13.8. The highest BCUT2D eigenvalue weighted by Crippen LogP contribution is 2.23. The van der Waals surface area contributed by atoms with Gasteiger partial charge < -0.3 is 5.73 Å². The summed E-state index contributed by atoms with van der Waals surface area (Å²) in [5.41, 5.74) is 8.99. The monoisotopic (exact) mass is 318 g/mol. The van der Waals surface area contributed by atoms with Crippen LogP contribution in [0.2, 0.25) is 5.02 Å². The van der Waals surface area contributed by atoms with Crippen LogP contribution in [-0.2, 0) is 6.54 Å². The number of nitrogens with two attached hydrogens (primary N) is 1. The van der Waals surface area contributed by atoms with Crippen molar-refractivity contribution in [3.63, 3.8) is 0 Å². The molecule has 2 nitrogen and oxygen atoms in total. The highest BCUT2D eigenvalue weighted by atomic mass is 35.5. The Balaban J connectivity index is 2.12. The van der Waals surface area contributed by atoms with Gasteiger partial charge in [0.2, 0.25) is 0 Å². The Hall–Kier alpha value is -1.42. The second-order valence-electron chi connectivity index (χ2n) is 5.21. The first-order valence-electron chi connectivity index (χ1n) is 6.82. The van der Waals surface area contributed by atoms with Gasteiger partial charge in [0, 0.05) is 23.2 Å². The van der Waals surface area contributed by atoms with Gasteiger partial charge in [0.1, 0.15) is 4.99 Å². The molecule has 0 aliphatic carbocycles. The lowest BCUT2D eigenvalue weighted by Crippen LogP contribution is -2.22. The summed E-state index contributed by atoms with van der Waals surface area (Å²) in [6.45, 7) is 2.99. The van der Waals surface area contributed by atoms with Crippen molar-refractivity contribution in [2.24, 2.45) is 5.73 Å². The second-order valence-corrected chi connectivity index (χ2v) is 6.09. The lowest BCUT2D eigenvalue weighted by molar-refractivity contribution is 0.253. The van der Waals surface area contributed by atoms with Crippen molar-refractivity contribution < 1.29 is 0 Å². The molecule has 21 heavy (non-hydrogen) atoms. The Bertz CT molecular complexity index is 642. The van der Waals surface area contributed by atoms with Gasteiger partial charge in [0.25, 0.3) is 0 Å². The molecule has 0 aromatic heterocycles. The first-order valence-corrected chi connectivity index (χ1v) is 7.60. The number of thiocarbonyl (C=S) groups is 1. The Morgan fingerprint density at radius 2 is 1.95 bits per heavy atom. The number of halogens is 1. The molecule has 110 valence electrons. The smallest absolute Gasteiger partial charge is 0.103 e. The number of nitrogens with zero attached hydrogens (tertiary/aromatic N) is 1. The molecule has 4 heteroatoms. The normalized spacial score (nSPS) is 12.4. The van der Waals surface area contributed by atoms with E-state index in [0.717, 1.165) is 17.1 Å². The maximum atomic E-state index is 6.06. The predicted octanol–water partition coefficient (Wildman–Crippen LogP) is 4.17. The van der Waals surface area contributed by atoms with E-state index in [1.54, 1.807) is 0 Å². The minimum absolute atomic E-state index is 0.275. The standard InChI is InChI=1S/C17H19ClN2S/c1-12(14-6-4-8-16(18)10-14)20(2)11-13-5-3-7-15(9-13)17(19)21/h3-10,12H,11H2,1-2H3,(H2,19,21). The third-order valence-electron chi connectivity index (χ3n) is 3.64. The largest absolute Gasteiger partial charge is 0.389 e. The van der Waals surface area contributed by atoms with E-state index in [-0.39, 0.29) is 6.04 Å². The molecule has 0 spiro atoms. The van der Waals surface area contributed by atoms with Crippen LogP contribution < -0.4 is 5.73 Å². The summed E-state index contributed by atoms with van der Waals surface area (Å²) in [6.07, 6.45) is 0. The summed E-state index contributed by atoms with van der Waals surface area (Å²) in [5.74, 6) is 0. The lowest BCUT2D eigenvalue weighted by Gasteiger charge is -2.25. The van der Waals surface area contributed by atoms with Gasteiger partial charge in [-0.05, 0) is 43.3 Å². The van der Waals surface area contributed by atoms with Gasteiger partial charge >= 0.3 is 0 Å². The van der Waals surface area contributed by atoms with Gasteiger partial charge in [0.05, 0.1) is 0 Å². The molecule has 1 atom stereocenters. The highest BCUT2D eigenvalue weighted by molar-refractivity contribution is 7.80. The van der Waals surface area contributed by atoms with Gasteiger partial charge in [-0.1, -0.05) is 54.2 Å². The number of rotatable bonds is 5. The quantitative estimate of drug-likeness (QED) is 0.839. The maximum absolute atomic E-state index is 6.06. The van der Waals surface area contributed by atoms with E-state index in [0.29, 0.717) is 4.99 Å². The topological polar surface area (TPSA) is 29.3 Å². The van der Waals surface area contributed by atoms with Crippen molar-refractivity contribution in [1.82, 2.24) is 4.90 Å². The Morgan fingerprint density at radius 1 is 1.24 bits per heavy atom. The summed E-state index contributed by atoms with van der Waals surface area (Å²) in [5, 5.41) is 0.767. The predicted molar refractivity (Wildman–Crippen MR) is 93.7 cm³/mol. The third kappa shape index (κ3) is 4.27. The van der Waals surface area contributed by atoms with Crippen molar-refractivity contribution in [2.75, 3.05) is 7.05 Å². The van der Waals surface area contributed by atoms with Crippen LogP contribution in [0.15, 0.2) is 48.5 Å². The summed E-state index contributed by atoms with van der Waals surface area (Å²) in [7, 11) is 2.10. The molecule has 2 aromatic rings. The highest BCUT2D eigenvalue weighted by Gasteiger charge is 2.12. The van der Waals surface area contributed by atoms with E-state index >= 15 is 0 Å². The fraction of sp³-hybridized carbons (Fsp3) is 0.235. The molecule has 0 bridgehead atoms. The summed E-state index contributed by atoms with van der Waals surface area (Å²) >= 11 is 11.1. The van der Waals surface area contributed by atoms with Crippen LogP contribution in [0.3, 0.4) is 0 Å². The molecule has 2 aromatic carbocycles. The van der Waals surface area contributed by atoms with E-state index in [1.807, 2.05) is 36.4 Å². The van der Waals surface area contributed by atoms with Crippen molar-refractivity contribution in [3.8, 4) is 0 Å². The summed E-state index contributed by atoms with van der Waals surface area (Å²) in [4.78, 5) is 2.70. The number of hydrogen-bond acceptors (Lipinski definition) is 2. The zero-order chi connectivity index (χ0) is 15.4. The molecule has 0 saturated carbocycles. The van der Waals surface area contributed by atoms with Gasteiger partial charge in [0.15, 0.2) is 0 Å². The molecular formula is C17H19ClN2S. The molecule has 0 fully saturated rings. The van der Waals surface area contributed by atoms with E-state index in [9.17, 15) is 0 Å². The minimum atomic E-state index is 0.275. The average Bonchev–Trinajstić information content (AvgIpc) is 2.46. The molecule has 0 radical (unpaired) electrons. The van der Waals surface area contributed by atoms with Crippen LogP contribution in [0.5, 0.6) is 0 Å². The maximum Gasteiger partial charge on any atom is 0.103 e. The third-order valence-corrected chi connectivity index (χ3v) is 4.11. The van der Waals surface area contributed by atoms with Crippen LogP contribution in [0.1, 0.15) is 29.7 Å². The number of benzene rings is 2. The first-order chi connectivity index (χ1) is 9.97. The Kier molecular flexibility index (Phi) is 5.34. The van der Waals surface area contributed by atoms with Gasteiger partial charge in [-0.15, -0.1) is 0 Å².